The molecule has 1 saturated heterocycles. The van der Waals surface area contributed by atoms with E-state index in [4.69, 9.17) is 16.3 Å². The highest BCUT2D eigenvalue weighted by atomic mass is 35.5. The third-order valence-corrected chi connectivity index (χ3v) is 5.79. The molecular formula is C19H23ClN4O3. The monoisotopic (exact) mass is 390 g/mol. The minimum absolute atomic E-state index is 0.0324. The second kappa shape index (κ2) is 7.50. The molecule has 4 rings (SSSR count). The number of hydrogen-bond donors (Lipinski definition) is 1. The number of carbonyl (C=O) groups is 2. The standard InChI is InChI=1S/C19H23ClN4O3/c1-22-15-12-24(7-6-23-8-10-27-11-9-23)18(25)16(15)17(21-19(22)26)13-4-2-3-5-14(13)20/h2-5,17H,6-12H2,1H3,(H,21,26)/t17-/m0/s1. The average molecular weight is 391 g/mol. The van der Waals surface area contributed by atoms with Crippen molar-refractivity contribution in [1.29, 1.82) is 0 Å². The lowest BCUT2D eigenvalue weighted by Crippen LogP contribution is -2.45. The number of amides is 3. The van der Waals surface area contributed by atoms with Gasteiger partial charge in [0.25, 0.3) is 5.91 Å². The van der Waals surface area contributed by atoms with Crippen molar-refractivity contribution in [1.82, 2.24) is 20.0 Å². The molecule has 1 aromatic carbocycles. The first-order valence-corrected chi connectivity index (χ1v) is 9.55. The molecule has 3 amide bonds. The molecule has 0 saturated carbocycles. The lowest BCUT2D eigenvalue weighted by atomic mass is 9.96. The Kier molecular flexibility index (Phi) is 5.08. The zero-order chi connectivity index (χ0) is 19.0. The van der Waals surface area contributed by atoms with Gasteiger partial charge in [-0.1, -0.05) is 29.8 Å². The van der Waals surface area contributed by atoms with Gasteiger partial charge >= 0.3 is 6.03 Å². The Labute approximate surface area is 163 Å². The molecule has 144 valence electrons. The molecule has 1 aromatic rings. The summed E-state index contributed by atoms with van der Waals surface area (Å²) < 4.78 is 5.37. The third-order valence-electron chi connectivity index (χ3n) is 5.44. The molecule has 0 spiro atoms. The van der Waals surface area contributed by atoms with E-state index in [1.807, 2.05) is 23.1 Å². The molecule has 27 heavy (non-hydrogen) atoms. The van der Waals surface area contributed by atoms with E-state index in [-0.39, 0.29) is 11.9 Å². The normalized spacial score (nSPS) is 23.7. The molecule has 1 N–H and O–H groups in total. The van der Waals surface area contributed by atoms with Crippen LogP contribution in [0.4, 0.5) is 4.79 Å². The lowest BCUT2D eigenvalue weighted by Gasteiger charge is -2.31. The van der Waals surface area contributed by atoms with Crippen molar-refractivity contribution in [2.24, 2.45) is 0 Å². The molecule has 1 atom stereocenters. The largest absolute Gasteiger partial charge is 0.379 e. The Bertz CT molecular complexity index is 791. The number of nitrogens with zero attached hydrogens (tertiary/aromatic N) is 3. The number of nitrogens with one attached hydrogen (secondary N) is 1. The van der Waals surface area contributed by atoms with Crippen molar-refractivity contribution in [2.75, 3.05) is 53.0 Å². The van der Waals surface area contributed by atoms with Gasteiger partial charge in [0.05, 0.1) is 37.1 Å². The van der Waals surface area contributed by atoms with Gasteiger partial charge in [-0.15, -0.1) is 0 Å². The van der Waals surface area contributed by atoms with E-state index >= 15 is 0 Å². The Morgan fingerprint density at radius 2 is 1.93 bits per heavy atom. The molecule has 0 unspecified atom stereocenters. The fraction of sp³-hybridized carbons (Fsp3) is 0.474. The van der Waals surface area contributed by atoms with E-state index < -0.39 is 6.04 Å². The van der Waals surface area contributed by atoms with Gasteiger partial charge in [0.15, 0.2) is 0 Å². The van der Waals surface area contributed by atoms with Gasteiger partial charge in [0, 0.05) is 38.2 Å². The van der Waals surface area contributed by atoms with Crippen molar-refractivity contribution in [3.8, 4) is 0 Å². The topological polar surface area (TPSA) is 65.1 Å². The molecule has 0 bridgehead atoms. The van der Waals surface area contributed by atoms with Crippen LogP contribution in [0.1, 0.15) is 11.6 Å². The van der Waals surface area contributed by atoms with E-state index in [9.17, 15) is 9.59 Å². The Hall–Kier alpha value is -2.09. The summed E-state index contributed by atoms with van der Waals surface area (Å²) in [5, 5.41) is 3.46. The number of hydrogen-bond acceptors (Lipinski definition) is 4. The SMILES string of the molecule is CN1C(=O)N[C@@H](c2ccccc2Cl)C2=C1CN(CCN1CCOCC1)C2=O. The van der Waals surface area contributed by atoms with Crippen LogP contribution < -0.4 is 5.32 Å². The Morgan fingerprint density at radius 3 is 2.67 bits per heavy atom. The maximum Gasteiger partial charge on any atom is 0.322 e. The van der Waals surface area contributed by atoms with Crippen molar-refractivity contribution in [2.45, 2.75) is 6.04 Å². The van der Waals surface area contributed by atoms with Crippen LogP contribution in [0.3, 0.4) is 0 Å². The third kappa shape index (κ3) is 3.42. The second-order valence-electron chi connectivity index (χ2n) is 7.00. The number of halogens is 1. The lowest BCUT2D eigenvalue weighted by molar-refractivity contribution is -0.126. The van der Waals surface area contributed by atoms with Gasteiger partial charge in [-0.3, -0.25) is 14.6 Å². The van der Waals surface area contributed by atoms with E-state index in [1.54, 1.807) is 13.1 Å². The highest BCUT2D eigenvalue weighted by Gasteiger charge is 2.43. The molecule has 0 radical (unpaired) electrons. The van der Waals surface area contributed by atoms with Gasteiger partial charge in [-0.25, -0.2) is 4.79 Å². The average Bonchev–Trinajstić information content (AvgIpc) is 3.01. The van der Waals surface area contributed by atoms with Crippen LogP contribution in [0.2, 0.25) is 5.02 Å². The summed E-state index contributed by atoms with van der Waals surface area (Å²) >= 11 is 6.35. The van der Waals surface area contributed by atoms with Gasteiger partial charge in [0.2, 0.25) is 0 Å². The fourth-order valence-electron chi connectivity index (χ4n) is 3.83. The van der Waals surface area contributed by atoms with E-state index in [2.05, 4.69) is 10.2 Å². The van der Waals surface area contributed by atoms with Crippen LogP contribution in [0, 0.1) is 0 Å². The summed E-state index contributed by atoms with van der Waals surface area (Å²) in [6.45, 7) is 5.12. The summed E-state index contributed by atoms with van der Waals surface area (Å²) in [6, 6.07) is 6.59. The second-order valence-corrected chi connectivity index (χ2v) is 7.41. The maximum absolute atomic E-state index is 13.2. The van der Waals surface area contributed by atoms with Crippen molar-refractivity contribution in [3.63, 3.8) is 0 Å². The van der Waals surface area contributed by atoms with Crippen molar-refractivity contribution >= 4 is 23.5 Å². The predicted molar refractivity (Wildman–Crippen MR) is 101 cm³/mol. The quantitative estimate of drug-likeness (QED) is 0.845. The fourth-order valence-corrected chi connectivity index (χ4v) is 4.08. The molecule has 0 aliphatic carbocycles. The molecule has 7 nitrogen and oxygen atoms in total. The smallest absolute Gasteiger partial charge is 0.322 e. The molecule has 8 heteroatoms. The summed E-state index contributed by atoms with van der Waals surface area (Å²) in [5.74, 6) is -0.0324. The molecule has 3 aliphatic rings. The first-order chi connectivity index (χ1) is 13.1. The highest BCUT2D eigenvalue weighted by Crippen LogP contribution is 2.37. The van der Waals surface area contributed by atoms with Crippen LogP contribution in [-0.4, -0.2) is 79.6 Å². The number of morpholine rings is 1. The number of carbonyl (C=O) groups excluding carboxylic acids is 2. The molecule has 3 aliphatic heterocycles. The highest BCUT2D eigenvalue weighted by molar-refractivity contribution is 6.31. The summed E-state index contributed by atoms with van der Waals surface area (Å²) in [4.78, 5) is 31.3. The number of urea groups is 1. The molecule has 1 fully saturated rings. The van der Waals surface area contributed by atoms with Crippen LogP contribution in [0.15, 0.2) is 35.5 Å². The van der Waals surface area contributed by atoms with Crippen LogP contribution in [0.5, 0.6) is 0 Å². The van der Waals surface area contributed by atoms with E-state index in [1.165, 1.54) is 4.90 Å². The van der Waals surface area contributed by atoms with Crippen molar-refractivity contribution < 1.29 is 14.3 Å². The molecule has 0 aromatic heterocycles. The van der Waals surface area contributed by atoms with Crippen LogP contribution >= 0.6 is 11.6 Å². The van der Waals surface area contributed by atoms with Crippen LogP contribution in [-0.2, 0) is 9.53 Å². The van der Waals surface area contributed by atoms with E-state index in [0.29, 0.717) is 23.7 Å². The molecular weight excluding hydrogens is 368 g/mol. The first-order valence-electron chi connectivity index (χ1n) is 9.17. The Balaban J connectivity index is 1.56. The Morgan fingerprint density at radius 1 is 1.19 bits per heavy atom. The molecule has 3 heterocycles. The van der Waals surface area contributed by atoms with Crippen molar-refractivity contribution in [3.05, 3.63) is 46.1 Å². The number of likely N-dealkylation sites (N-methyl/N-ethyl adjacent to an activating group) is 1. The predicted octanol–water partition coefficient (Wildman–Crippen LogP) is 1.46. The zero-order valence-corrected chi connectivity index (χ0v) is 16.0. The minimum atomic E-state index is -0.515. The summed E-state index contributed by atoms with van der Waals surface area (Å²) in [5.41, 5.74) is 2.12. The van der Waals surface area contributed by atoms with Gasteiger partial charge in [-0.2, -0.15) is 0 Å². The number of ether oxygens (including phenoxy) is 1. The summed E-state index contributed by atoms with van der Waals surface area (Å²) in [7, 11) is 1.70. The summed E-state index contributed by atoms with van der Waals surface area (Å²) in [6.07, 6.45) is 0. The zero-order valence-electron chi connectivity index (χ0n) is 15.3. The maximum atomic E-state index is 13.2. The van der Waals surface area contributed by atoms with Gasteiger partial charge in [0.1, 0.15) is 0 Å². The van der Waals surface area contributed by atoms with Gasteiger partial charge in [-0.05, 0) is 11.6 Å². The van der Waals surface area contributed by atoms with Crippen LogP contribution in [0.25, 0.3) is 0 Å². The van der Waals surface area contributed by atoms with Gasteiger partial charge < -0.3 is 15.0 Å². The number of benzene rings is 1. The number of rotatable bonds is 4. The van der Waals surface area contributed by atoms with E-state index in [0.717, 1.165) is 44.1 Å². The minimum Gasteiger partial charge on any atom is -0.379 e. The first kappa shape index (κ1) is 18.3.